The van der Waals surface area contributed by atoms with Crippen LogP contribution in [0, 0.1) is 6.92 Å². The summed E-state index contributed by atoms with van der Waals surface area (Å²) in [5.74, 6) is -0.0696. The Labute approximate surface area is 132 Å². The van der Waals surface area contributed by atoms with Crippen molar-refractivity contribution in [3.63, 3.8) is 0 Å². The molecule has 1 aliphatic heterocycles. The molecule has 21 heavy (non-hydrogen) atoms. The zero-order chi connectivity index (χ0) is 15.0. The van der Waals surface area contributed by atoms with Crippen molar-refractivity contribution >= 4 is 40.5 Å². The fourth-order valence-corrected chi connectivity index (χ4v) is 2.72. The lowest BCUT2D eigenvalue weighted by atomic mass is 10.1. The monoisotopic (exact) mass is 318 g/mol. The Kier molecular flexibility index (Phi) is 3.70. The number of hydrogen-bond acceptors (Lipinski definition) is 2. The molecule has 1 amide bonds. The molecule has 0 saturated heterocycles. The van der Waals surface area contributed by atoms with Crippen LogP contribution in [0.25, 0.3) is 0 Å². The van der Waals surface area contributed by atoms with Crippen LogP contribution in [0.5, 0.6) is 0 Å². The predicted molar refractivity (Wildman–Crippen MR) is 86.3 cm³/mol. The number of rotatable bonds is 2. The Morgan fingerprint density at radius 3 is 2.52 bits per heavy atom. The van der Waals surface area contributed by atoms with Gasteiger partial charge in [-0.3, -0.25) is 4.79 Å². The number of hydrazone groups is 1. The summed E-state index contributed by atoms with van der Waals surface area (Å²) in [7, 11) is 0. The topological polar surface area (TPSA) is 32.7 Å². The molecule has 0 radical (unpaired) electrons. The molecule has 5 heteroatoms. The molecule has 0 aromatic heterocycles. The zero-order valence-electron chi connectivity index (χ0n) is 11.3. The van der Waals surface area contributed by atoms with Gasteiger partial charge in [0, 0.05) is 10.6 Å². The average molecular weight is 319 g/mol. The van der Waals surface area contributed by atoms with Gasteiger partial charge < -0.3 is 0 Å². The number of halogens is 2. The first-order chi connectivity index (χ1) is 10.1. The van der Waals surface area contributed by atoms with E-state index < -0.39 is 0 Å². The van der Waals surface area contributed by atoms with Crippen LogP contribution < -0.4 is 5.01 Å². The van der Waals surface area contributed by atoms with Crippen LogP contribution in [0.2, 0.25) is 10.0 Å². The van der Waals surface area contributed by atoms with E-state index in [1.807, 2.05) is 43.3 Å². The molecule has 0 fully saturated rings. The van der Waals surface area contributed by atoms with E-state index >= 15 is 0 Å². The smallest absolute Gasteiger partial charge is 0.253 e. The second-order valence-corrected chi connectivity index (χ2v) is 5.66. The first-order valence-electron chi connectivity index (χ1n) is 6.48. The molecule has 2 aromatic carbocycles. The molecular weight excluding hydrogens is 307 g/mol. The minimum atomic E-state index is -0.0696. The Balaban J connectivity index is 2.01. The van der Waals surface area contributed by atoms with E-state index in [9.17, 15) is 4.79 Å². The van der Waals surface area contributed by atoms with Gasteiger partial charge in [0.15, 0.2) is 0 Å². The molecule has 3 rings (SSSR count). The van der Waals surface area contributed by atoms with Gasteiger partial charge in [-0.25, -0.2) is 5.01 Å². The van der Waals surface area contributed by atoms with Crippen molar-refractivity contribution in [2.75, 3.05) is 5.01 Å². The number of para-hydroxylation sites is 1. The number of aryl methyl sites for hydroxylation is 1. The normalized spacial score (nSPS) is 14.5. The number of carbonyl (C=O) groups is 1. The molecule has 0 spiro atoms. The van der Waals surface area contributed by atoms with Crippen molar-refractivity contribution in [1.82, 2.24) is 0 Å². The number of benzene rings is 2. The first-order valence-corrected chi connectivity index (χ1v) is 7.23. The second-order valence-electron chi connectivity index (χ2n) is 4.85. The molecule has 0 bridgehead atoms. The van der Waals surface area contributed by atoms with E-state index in [-0.39, 0.29) is 12.3 Å². The van der Waals surface area contributed by atoms with E-state index in [1.54, 1.807) is 6.07 Å². The van der Waals surface area contributed by atoms with E-state index in [1.165, 1.54) is 5.01 Å². The van der Waals surface area contributed by atoms with Crippen molar-refractivity contribution in [3.05, 3.63) is 63.6 Å². The van der Waals surface area contributed by atoms with Crippen molar-refractivity contribution in [2.24, 2.45) is 5.10 Å². The Morgan fingerprint density at radius 2 is 1.81 bits per heavy atom. The lowest BCUT2D eigenvalue weighted by molar-refractivity contribution is -0.116. The second kappa shape index (κ2) is 5.51. The SMILES string of the molecule is Cc1cc(C2=NN(c3ccccc3)C(=O)C2)c(Cl)cc1Cl. The minimum Gasteiger partial charge on any atom is -0.272 e. The average Bonchev–Trinajstić information content (AvgIpc) is 2.85. The highest BCUT2D eigenvalue weighted by Gasteiger charge is 2.27. The van der Waals surface area contributed by atoms with Gasteiger partial charge in [-0.1, -0.05) is 41.4 Å². The van der Waals surface area contributed by atoms with Gasteiger partial charge in [-0.2, -0.15) is 5.10 Å². The summed E-state index contributed by atoms with van der Waals surface area (Å²) in [4.78, 5) is 12.2. The molecule has 0 atom stereocenters. The van der Waals surface area contributed by atoms with Crippen LogP contribution in [-0.2, 0) is 4.79 Å². The summed E-state index contributed by atoms with van der Waals surface area (Å²) in [6.07, 6.45) is 0.232. The third kappa shape index (κ3) is 2.67. The summed E-state index contributed by atoms with van der Waals surface area (Å²) >= 11 is 12.3. The number of hydrogen-bond donors (Lipinski definition) is 0. The van der Waals surface area contributed by atoms with Gasteiger partial charge in [0.05, 0.1) is 22.8 Å². The van der Waals surface area contributed by atoms with Gasteiger partial charge in [0.1, 0.15) is 0 Å². The van der Waals surface area contributed by atoms with E-state index in [2.05, 4.69) is 5.10 Å². The van der Waals surface area contributed by atoms with Crippen LogP contribution in [0.15, 0.2) is 47.6 Å². The molecule has 3 nitrogen and oxygen atoms in total. The number of carbonyl (C=O) groups excluding carboxylic acids is 1. The minimum absolute atomic E-state index is 0.0696. The fraction of sp³-hybridized carbons (Fsp3) is 0.125. The quantitative estimate of drug-likeness (QED) is 0.805. The molecule has 0 N–H and O–H groups in total. The van der Waals surface area contributed by atoms with Gasteiger partial charge in [0.25, 0.3) is 5.91 Å². The molecular formula is C16H12Cl2N2O. The van der Waals surface area contributed by atoms with Gasteiger partial charge >= 0.3 is 0 Å². The van der Waals surface area contributed by atoms with Crippen LogP contribution >= 0.6 is 23.2 Å². The zero-order valence-corrected chi connectivity index (χ0v) is 12.8. The van der Waals surface area contributed by atoms with Gasteiger partial charge in [-0.15, -0.1) is 0 Å². The molecule has 2 aromatic rings. The van der Waals surface area contributed by atoms with Crippen molar-refractivity contribution in [3.8, 4) is 0 Å². The highest BCUT2D eigenvalue weighted by molar-refractivity contribution is 6.38. The Hall–Kier alpha value is -1.84. The molecule has 0 aliphatic carbocycles. The number of amides is 1. The van der Waals surface area contributed by atoms with Crippen LogP contribution in [0.3, 0.4) is 0 Å². The molecule has 106 valence electrons. The largest absolute Gasteiger partial charge is 0.272 e. The lowest BCUT2D eigenvalue weighted by Gasteiger charge is -2.10. The lowest BCUT2D eigenvalue weighted by Crippen LogP contribution is -2.19. The maximum Gasteiger partial charge on any atom is 0.253 e. The van der Waals surface area contributed by atoms with Crippen LogP contribution in [-0.4, -0.2) is 11.6 Å². The summed E-state index contributed by atoms with van der Waals surface area (Å²) in [6.45, 7) is 1.90. The van der Waals surface area contributed by atoms with E-state index in [0.717, 1.165) is 16.8 Å². The molecule has 0 unspecified atom stereocenters. The maximum atomic E-state index is 12.2. The van der Waals surface area contributed by atoms with Gasteiger partial charge in [0.2, 0.25) is 0 Å². The highest BCUT2D eigenvalue weighted by atomic mass is 35.5. The third-order valence-corrected chi connectivity index (χ3v) is 4.06. The molecule has 0 saturated carbocycles. The highest BCUT2D eigenvalue weighted by Crippen LogP contribution is 2.29. The summed E-state index contributed by atoms with van der Waals surface area (Å²) in [5, 5.41) is 6.94. The standard InChI is InChI=1S/C16H12Cl2N2O/c1-10-7-12(14(18)8-13(10)17)15-9-16(21)20(19-15)11-5-3-2-4-6-11/h2-8H,9H2,1H3. The Bertz CT molecular complexity index is 741. The summed E-state index contributed by atoms with van der Waals surface area (Å²) in [6, 6.07) is 12.9. The van der Waals surface area contributed by atoms with Crippen molar-refractivity contribution in [1.29, 1.82) is 0 Å². The van der Waals surface area contributed by atoms with Gasteiger partial charge in [-0.05, 0) is 36.8 Å². The summed E-state index contributed by atoms with van der Waals surface area (Å²) < 4.78 is 0. The van der Waals surface area contributed by atoms with Crippen LogP contribution in [0.1, 0.15) is 17.5 Å². The van der Waals surface area contributed by atoms with E-state index in [0.29, 0.717) is 15.8 Å². The molecule has 1 heterocycles. The fourth-order valence-electron chi connectivity index (χ4n) is 2.23. The maximum absolute atomic E-state index is 12.2. The number of anilines is 1. The summed E-state index contributed by atoms with van der Waals surface area (Å²) in [5.41, 5.74) is 3.07. The molecule has 1 aliphatic rings. The first kappa shape index (κ1) is 14.1. The van der Waals surface area contributed by atoms with E-state index in [4.69, 9.17) is 23.2 Å². The Morgan fingerprint density at radius 1 is 1.10 bits per heavy atom. The van der Waals surface area contributed by atoms with Crippen LogP contribution in [0.4, 0.5) is 5.69 Å². The predicted octanol–water partition coefficient (Wildman–Crippen LogP) is 4.44. The van der Waals surface area contributed by atoms with Crippen molar-refractivity contribution in [2.45, 2.75) is 13.3 Å². The third-order valence-electron chi connectivity index (χ3n) is 3.34. The number of nitrogens with zero attached hydrogens (tertiary/aromatic N) is 2. The van der Waals surface area contributed by atoms with Crippen molar-refractivity contribution < 1.29 is 4.79 Å².